The number of carbonyl (C=O) groups is 1. The van der Waals surface area contributed by atoms with Crippen LogP contribution >= 0.6 is 0 Å². The van der Waals surface area contributed by atoms with Crippen LogP contribution in [-0.2, 0) is 16.0 Å². The van der Waals surface area contributed by atoms with Gasteiger partial charge in [-0.2, -0.15) is 0 Å². The maximum atomic E-state index is 12.5. The number of nitrogens with one attached hydrogen (secondary N) is 1. The topological polar surface area (TPSA) is 41.6 Å². The normalized spacial score (nSPS) is 21.0. The number of aryl methyl sites for hydroxylation is 1. The molecule has 1 amide bonds. The summed E-state index contributed by atoms with van der Waals surface area (Å²) in [5, 5.41) is 3.38. The van der Waals surface area contributed by atoms with E-state index < -0.39 is 0 Å². The quantitative estimate of drug-likeness (QED) is 0.613. The van der Waals surface area contributed by atoms with Crippen molar-refractivity contribution in [2.24, 2.45) is 5.92 Å². The zero-order valence-electron chi connectivity index (χ0n) is 17.4. The first kappa shape index (κ1) is 21.3. The molecular weight excluding hydrogens is 348 g/mol. The molecule has 0 bridgehead atoms. The summed E-state index contributed by atoms with van der Waals surface area (Å²) in [5.74, 6) is 1.18. The number of hydrogen-bond acceptors (Lipinski definition) is 3. The highest BCUT2D eigenvalue weighted by Gasteiger charge is 2.22. The van der Waals surface area contributed by atoms with Crippen molar-refractivity contribution < 1.29 is 9.53 Å². The molecule has 2 fully saturated rings. The Balaban J connectivity index is 1.20. The van der Waals surface area contributed by atoms with Gasteiger partial charge in [-0.1, -0.05) is 43.2 Å². The molecule has 0 aromatic heterocycles. The van der Waals surface area contributed by atoms with Crippen LogP contribution in [0.15, 0.2) is 30.3 Å². The second-order valence-electron chi connectivity index (χ2n) is 8.50. The van der Waals surface area contributed by atoms with Gasteiger partial charge in [0.25, 0.3) is 0 Å². The second kappa shape index (κ2) is 12.2. The van der Waals surface area contributed by atoms with Crippen LogP contribution in [0.25, 0.3) is 0 Å². The Kier molecular flexibility index (Phi) is 9.31. The number of piperidine rings is 1. The van der Waals surface area contributed by atoms with Gasteiger partial charge in [0.2, 0.25) is 5.91 Å². The third kappa shape index (κ3) is 7.56. The van der Waals surface area contributed by atoms with Crippen LogP contribution in [0.5, 0.6) is 0 Å². The third-order valence-corrected chi connectivity index (χ3v) is 6.31. The predicted molar refractivity (Wildman–Crippen MR) is 114 cm³/mol. The van der Waals surface area contributed by atoms with Crippen molar-refractivity contribution >= 4 is 5.91 Å². The number of morpholine rings is 1. The highest BCUT2D eigenvalue weighted by molar-refractivity contribution is 5.76. The lowest BCUT2D eigenvalue weighted by Gasteiger charge is -2.32. The van der Waals surface area contributed by atoms with E-state index in [1.165, 1.54) is 44.1 Å². The van der Waals surface area contributed by atoms with Gasteiger partial charge in [-0.05, 0) is 56.4 Å². The first-order valence-electron chi connectivity index (χ1n) is 11.5. The maximum Gasteiger partial charge on any atom is 0.222 e. The number of carbonyl (C=O) groups excluding carboxylic acids is 1. The summed E-state index contributed by atoms with van der Waals surface area (Å²) < 4.78 is 5.73. The lowest BCUT2D eigenvalue weighted by molar-refractivity contribution is -0.132. The van der Waals surface area contributed by atoms with E-state index in [0.717, 1.165) is 64.4 Å². The Bertz CT molecular complexity index is 549. The summed E-state index contributed by atoms with van der Waals surface area (Å²) in [6.07, 6.45) is 11.7. The third-order valence-electron chi connectivity index (χ3n) is 6.31. The predicted octanol–water partition coefficient (Wildman–Crippen LogP) is 4.19. The molecule has 1 N–H and O–H groups in total. The number of benzene rings is 1. The van der Waals surface area contributed by atoms with Crippen molar-refractivity contribution in [2.45, 2.75) is 70.3 Å². The summed E-state index contributed by atoms with van der Waals surface area (Å²) in [7, 11) is 0. The Hall–Kier alpha value is -1.39. The Morgan fingerprint density at radius 2 is 1.86 bits per heavy atom. The van der Waals surface area contributed by atoms with Crippen LogP contribution in [0.3, 0.4) is 0 Å². The number of ether oxygens (including phenoxy) is 1. The second-order valence-corrected chi connectivity index (χ2v) is 8.50. The Labute approximate surface area is 171 Å². The van der Waals surface area contributed by atoms with Gasteiger partial charge < -0.3 is 15.0 Å². The Morgan fingerprint density at radius 1 is 1.04 bits per heavy atom. The number of rotatable bonds is 10. The average Bonchev–Trinajstić information content (AvgIpc) is 2.75. The minimum absolute atomic E-state index is 0.373. The molecule has 0 aliphatic carbocycles. The SMILES string of the molecule is O=C(CCCCCC1CNCCO1)N1CCC(CCCc2ccccc2)CC1. The van der Waals surface area contributed by atoms with Crippen LogP contribution in [0.4, 0.5) is 0 Å². The van der Waals surface area contributed by atoms with Crippen molar-refractivity contribution in [3.8, 4) is 0 Å². The molecule has 0 saturated carbocycles. The van der Waals surface area contributed by atoms with Crippen LogP contribution < -0.4 is 5.32 Å². The Morgan fingerprint density at radius 3 is 2.61 bits per heavy atom. The fourth-order valence-corrected chi connectivity index (χ4v) is 4.50. The minimum Gasteiger partial charge on any atom is -0.376 e. The van der Waals surface area contributed by atoms with Crippen molar-refractivity contribution in [1.29, 1.82) is 0 Å². The fourth-order valence-electron chi connectivity index (χ4n) is 4.50. The molecule has 0 radical (unpaired) electrons. The van der Waals surface area contributed by atoms with Crippen LogP contribution in [0.1, 0.15) is 63.4 Å². The van der Waals surface area contributed by atoms with Gasteiger partial charge in [0.05, 0.1) is 12.7 Å². The monoisotopic (exact) mass is 386 g/mol. The molecule has 2 saturated heterocycles. The van der Waals surface area contributed by atoms with E-state index in [4.69, 9.17) is 4.74 Å². The molecule has 3 rings (SSSR count). The van der Waals surface area contributed by atoms with E-state index in [9.17, 15) is 4.79 Å². The zero-order chi connectivity index (χ0) is 19.4. The van der Waals surface area contributed by atoms with Crippen molar-refractivity contribution in [3.63, 3.8) is 0 Å². The molecule has 156 valence electrons. The smallest absolute Gasteiger partial charge is 0.222 e. The van der Waals surface area contributed by atoms with Gasteiger partial charge in [-0.3, -0.25) is 4.79 Å². The summed E-state index contributed by atoms with van der Waals surface area (Å²) in [5.41, 5.74) is 1.45. The highest BCUT2D eigenvalue weighted by atomic mass is 16.5. The standard InChI is InChI=1S/C24H38N2O2/c27-24(13-6-2-5-12-23-20-25-16-19-28-23)26-17-14-22(15-18-26)11-7-10-21-8-3-1-4-9-21/h1,3-4,8-9,22-23,25H,2,5-7,10-20H2. The number of likely N-dealkylation sites (tertiary alicyclic amines) is 1. The van der Waals surface area contributed by atoms with Crippen molar-refractivity contribution in [2.75, 3.05) is 32.8 Å². The van der Waals surface area contributed by atoms with Crippen molar-refractivity contribution in [1.82, 2.24) is 10.2 Å². The molecule has 0 spiro atoms. The first-order chi connectivity index (χ1) is 13.8. The van der Waals surface area contributed by atoms with E-state index in [-0.39, 0.29) is 0 Å². The van der Waals surface area contributed by atoms with Crippen LogP contribution in [0.2, 0.25) is 0 Å². The zero-order valence-corrected chi connectivity index (χ0v) is 17.4. The molecule has 1 atom stereocenters. The summed E-state index contributed by atoms with van der Waals surface area (Å²) in [6, 6.07) is 10.8. The molecule has 28 heavy (non-hydrogen) atoms. The lowest BCUT2D eigenvalue weighted by Crippen LogP contribution is -2.38. The maximum absolute atomic E-state index is 12.5. The number of hydrogen-bond donors (Lipinski definition) is 1. The van der Waals surface area contributed by atoms with E-state index in [0.29, 0.717) is 12.0 Å². The largest absolute Gasteiger partial charge is 0.376 e. The average molecular weight is 387 g/mol. The van der Waals surface area contributed by atoms with E-state index in [2.05, 4.69) is 40.5 Å². The number of unbranched alkanes of at least 4 members (excludes halogenated alkanes) is 2. The number of nitrogens with zero attached hydrogens (tertiary/aromatic N) is 1. The first-order valence-corrected chi connectivity index (χ1v) is 11.5. The summed E-state index contributed by atoms with van der Waals surface area (Å²) in [6.45, 7) is 4.74. The molecule has 4 nitrogen and oxygen atoms in total. The van der Waals surface area contributed by atoms with Gasteiger partial charge in [-0.25, -0.2) is 0 Å². The molecule has 1 aromatic rings. The summed E-state index contributed by atoms with van der Waals surface area (Å²) >= 11 is 0. The number of amides is 1. The summed E-state index contributed by atoms with van der Waals surface area (Å²) in [4.78, 5) is 14.6. The lowest BCUT2D eigenvalue weighted by atomic mass is 9.90. The molecule has 2 aliphatic heterocycles. The molecule has 1 aromatic carbocycles. The van der Waals surface area contributed by atoms with Crippen LogP contribution in [-0.4, -0.2) is 49.7 Å². The van der Waals surface area contributed by atoms with E-state index in [1.807, 2.05) is 0 Å². The highest BCUT2D eigenvalue weighted by Crippen LogP contribution is 2.23. The molecule has 2 heterocycles. The van der Waals surface area contributed by atoms with Gasteiger partial charge in [0, 0.05) is 32.6 Å². The fraction of sp³-hybridized carbons (Fsp3) is 0.708. The van der Waals surface area contributed by atoms with Gasteiger partial charge in [-0.15, -0.1) is 0 Å². The molecule has 1 unspecified atom stereocenters. The minimum atomic E-state index is 0.373. The van der Waals surface area contributed by atoms with E-state index in [1.54, 1.807) is 0 Å². The van der Waals surface area contributed by atoms with E-state index >= 15 is 0 Å². The van der Waals surface area contributed by atoms with Crippen LogP contribution in [0, 0.1) is 5.92 Å². The van der Waals surface area contributed by atoms with Crippen molar-refractivity contribution in [3.05, 3.63) is 35.9 Å². The van der Waals surface area contributed by atoms with Gasteiger partial charge >= 0.3 is 0 Å². The molecule has 2 aliphatic rings. The molecule has 4 heteroatoms. The van der Waals surface area contributed by atoms with Gasteiger partial charge in [0.15, 0.2) is 0 Å². The molecular formula is C24H38N2O2. The van der Waals surface area contributed by atoms with Gasteiger partial charge in [0.1, 0.15) is 0 Å².